The van der Waals surface area contributed by atoms with Crippen molar-refractivity contribution in [2.75, 3.05) is 13.2 Å². The summed E-state index contributed by atoms with van der Waals surface area (Å²) in [6.07, 6.45) is 0. The van der Waals surface area contributed by atoms with Crippen molar-refractivity contribution in [3.05, 3.63) is 65.2 Å². The van der Waals surface area contributed by atoms with Crippen molar-refractivity contribution in [2.24, 2.45) is 0 Å². The highest BCUT2D eigenvalue weighted by Gasteiger charge is 2.15. The molecule has 136 valence electrons. The molecule has 0 unspecified atom stereocenters. The SMILES string of the molecule is Cc1ccc(S(=O)(=O)OCCOCc2ccc(C(C)(C)C)cc2)cc1. The van der Waals surface area contributed by atoms with Crippen molar-refractivity contribution in [3.63, 3.8) is 0 Å². The minimum Gasteiger partial charge on any atom is -0.374 e. The Kier molecular flexibility index (Phi) is 6.38. The van der Waals surface area contributed by atoms with E-state index in [1.165, 1.54) is 5.56 Å². The summed E-state index contributed by atoms with van der Waals surface area (Å²) in [5.74, 6) is 0. The Balaban J connectivity index is 1.77. The molecule has 4 nitrogen and oxygen atoms in total. The van der Waals surface area contributed by atoms with Crippen LogP contribution in [-0.4, -0.2) is 21.6 Å². The smallest absolute Gasteiger partial charge is 0.297 e. The standard InChI is InChI=1S/C20H26O4S/c1-16-5-11-19(12-6-16)25(21,22)24-14-13-23-15-17-7-9-18(10-8-17)20(2,3)4/h5-12H,13-15H2,1-4H3. The van der Waals surface area contributed by atoms with Gasteiger partial charge in [0, 0.05) is 0 Å². The Labute approximate surface area is 150 Å². The zero-order valence-electron chi connectivity index (χ0n) is 15.3. The predicted molar refractivity (Wildman–Crippen MR) is 99.1 cm³/mol. The molecule has 0 fully saturated rings. The van der Waals surface area contributed by atoms with Crippen LogP contribution in [0.25, 0.3) is 0 Å². The highest BCUT2D eigenvalue weighted by molar-refractivity contribution is 7.86. The van der Waals surface area contributed by atoms with E-state index in [1.54, 1.807) is 24.3 Å². The lowest BCUT2D eigenvalue weighted by atomic mass is 9.87. The molecule has 0 bridgehead atoms. The largest absolute Gasteiger partial charge is 0.374 e. The lowest BCUT2D eigenvalue weighted by Gasteiger charge is -2.19. The zero-order chi connectivity index (χ0) is 18.5. The molecule has 0 aliphatic carbocycles. The summed E-state index contributed by atoms with van der Waals surface area (Å²) >= 11 is 0. The molecule has 0 aliphatic rings. The number of rotatable bonds is 7. The monoisotopic (exact) mass is 362 g/mol. The molecule has 0 saturated carbocycles. The van der Waals surface area contributed by atoms with Crippen molar-refractivity contribution < 1.29 is 17.3 Å². The zero-order valence-corrected chi connectivity index (χ0v) is 16.1. The number of hydrogen-bond acceptors (Lipinski definition) is 4. The van der Waals surface area contributed by atoms with Gasteiger partial charge in [0.15, 0.2) is 0 Å². The van der Waals surface area contributed by atoms with Crippen LogP contribution < -0.4 is 0 Å². The second kappa shape index (κ2) is 8.13. The molecule has 2 aromatic carbocycles. The maximum Gasteiger partial charge on any atom is 0.297 e. The fraction of sp³-hybridized carbons (Fsp3) is 0.400. The molecule has 2 aromatic rings. The van der Waals surface area contributed by atoms with Crippen molar-refractivity contribution >= 4 is 10.1 Å². The quantitative estimate of drug-likeness (QED) is 0.547. The Morgan fingerprint density at radius 1 is 0.880 bits per heavy atom. The maximum atomic E-state index is 12.0. The van der Waals surface area contributed by atoms with Gasteiger partial charge in [-0.25, -0.2) is 0 Å². The summed E-state index contributed by atoms with van der Waals surface area (Å²) in [4.78, 5) is 0.163. The lowest BCUT2D eigenvalue weighted by Crippen LogP contribution is -2.12. The molecular formula is C20H26O4S. The number of hydrogen-bond donors (Lipinski definition) is 0. The van der Waals surface area contributed by atoms with E-state index >= 15 is 0 Å². The van der Waals surface area contributed by atoms with Gasteiger partial charge in [-0.3, -0.25) is 4.18 Å². The Bertz CT molecular complexity index is 770. The number of aryl methyl sites for hydroxylation is 1. The number of benzene rings is 2. The fourth-order valence-electron chi connectivity index (χ4n) is 2.27. The molecule has 0 heterocycles. The molecule has 0 atom stereocenters. The van der Waals surface area contributed by atoms with E-state index in [0.717, 1.165) is 11.1 Å². The molecule has 25 heavy (non-hydrogen) atoms. The van der Waals surface area contributed by atoms with E-state index < -0.39 is 10.1 Å². The maximum absolute atomic E-state index is 12.0. The van der Waals surface area contributed by atoms with Crippen LogP contribution in [0.2, 0.25) is 0 Å². The molecule has 0 radical (unpaired) electrons. The lowest BCUT2D eigenvalue weighted by molar-refractivity contribution is 0.0907. The van der Waals surface area contributed by atoms with Crippen molar-refractivity contribution in [1.82, 2.24) is 0 Å². The highest BCUT2D eigenvalue weighted by atomic mass is 32.2. The molecule has 2 rings (SSSR count). The van der Waals surface area contributed by atoms with Crippen molar-refractivity contribution in [3.8, 4) is 0 Å². The average molecular weight is 362 g/mol. The van der Waals surface area contributed by atoms with Gasteiger partial charge in [0.25, 0.3) is 10.1 Å². The third-order valence-electron chi connectivity index (χ3n) is 3.86. The van der Waals surface area contributed by atoms with Crippen LogP contribution in [-0.2, 0) is 31.1 Å². The minimum atomic E-state index is -3.72. The van der Waals surface area contributed by atoms with Crippen LogP contribution in [0, 0.1) is 6.92 Å². The van der Waals surface area contributed by atoms with Crippen LogP contribution >= 0.6 is 0 Å². The van der Waals surface area contributed by atoms with E-state index in [4.69, 9.17) is 8.92 Å². The third-order valence-corrected chi connectivity index (χ3v) is 5.19. The third kappa shape index (κ3) is 5.96. The molecule has 0 aliphatic heterocycles. The first-order valence-electron chi connectivity index (χ1n) is 8.32. The molecule has 0 aromatic heterocycles. The van der Waals surface area contributed by atoms with Gasteiger partial charge in [-0.2, -0.15) is 8.42 Å². The van der Waals surface area contributed by atoms with Gasteiger partial charge in [0.05, 0.1) is 24.7 Å². The summed E-state index contributed by atoms with van der Waals surface area (Å²) < 4.78 is 34.6. The van der Waals surface area contributed by atoms with Gasteiger partial charge in [0.2, 0.25) is 0 Å². The van der Waals surface area contributed by atoms with Crippen LogP contribution in [0.3, 0.4) is 0 Å². The van der Waals surface area contributed by atoms with Crippen LogP contribution in [0.15, 0.2) is 53.4 Å². The van der Waals surface area contributed by atoms with E-state index in [9.17, 15) is 8.42 Å². The number of ether oxygens (including phenoxy) is 1. The molecule has 5 heteroatoms. The first-order chi connectivity index (χ1) is 11.7. The van der Waals surface area contributed by atoms with Crippen molar-refractivity contribution in [2.45, 2.75) is 44.6 Å². The average Bonchev–Trinajstić information content (AvgIpc) is 2.54. The molecule has 0 spiro atoms. The molecule has 0 amide bonds. The summed E-state index contributed by atoms with van der Waals surface area (Å²) in [6, 6.07) is 14.8. The topological polar surface area (TPSA) is 52.6 Å². The summed E-state index contributed by atoms with van der Waals surface area (Å²) in [5, 5.41) is 0. The Morgan fingerprint density at radius 3 is 2.04 bits per heavy atom. The second-order valence-electron chi connectivity index (χ2n) is 7.09. The summed E-state index contributed by atoms with van der Waals surface area (Å²) in [7, 11) is -3.72. The first-order valence-corrected chi connectivity index (χ1v) is 9.72. The van der Waals surface area contributed by atoms with Gasteiger partial charge in [-0.05, 0) is 35.6 Å². The van der Waals surface area contributed by atoms with Crippen LogP contribution in [0.4, 0.5) is 0 Å². The van der Waals surface area contributed by atoms with E-state index in [2.05, 4.69) is 32.9 Å². The van der Waals surface area contributed by atoms with Gasteiger partial charge in [-0.15, -0.1) is 0 Å². The summed E-state index contributed by atoms with van der Waals surface area (Å²) in [6.45, 7) is 9.05. The summed E-state index contributed by atoms with van der Waals surface area (Å²) in [5.41, 5.74) is 3.44. The first kappa shape index (κ1) is 19.6. The Morgan fingerprint density at radius 2 is 1.48 bits per heavy atom. The predicted octanol–water partition coefficient (Wildman–Crippen LogP) is 4.21. The van der Waals surface area contributed by atoms with Gasteiger partial charge in [-0.1, -0.05) is 62.7 Å². The second-order valence-corrected chi connectivity index (χ2v) is 8.70. The molecule has 0 saturated heterocycles. The van der Waals surface area contributed by atoms with Crippen LogP contribution in [0.5, 0.6) is 0 Å². The normalized spacial score (nSPS) is 12.3. The van der Waals surface area contributed by atoms with E-state index in [-0.39, 0.29) is 23.5 Å². The van der Waals surface area contributed by atoms with Crippen LogP contribution in [0.1, 0.15) is 37.5 Å². The minimum absolute atomic E-state index is 0.00369. The van der Waals surface area contributed by atoms with Gasteiger partial charge < -0.3 is 4.74 Å². The fourth-order valence-corrected chi connectivity index (χ4v) is 3.16. The molecular weight excluding hydrogens is 336 g/mol. The van der Waals surface area contributed by atoms with E-state index in [0.29, 0.717) is 6.61 Å². The van der Waals surface area contributed by atoms with Gasteiger partial charge >= 0.3 is 0 Å². The van der Waals surface area contributed by atoms with Crippen molar-refractivity contribution in [1.29, 1.82) is 0 Å². The Hall–Kier alpha value is -1.69. The highest BCUT2D eigenvalue weighted by Crippen LogP contribution is 2.22. The van der Waals surface area contributed by atoms with Gasteiger partial charge in [0.1, 0.15) is 0 Å². The molecule has 0 N–H and O–H groups in total. The van der Waals surface area contributed by atoms with E-state index in [1.807, 2.05) is 19.1 Å².